The monoisotopic (exact) mass is 377 g/mol. The third kappa shape index (κ3) is 2.24. The van der Waals surface area contributed by atoms with Gasteiger partial charge >= 0.3 is 0 Å². The van der Waals surface area contributed by atoms with Crippen LogP contribution in [0.3, 0.4) is 0 Å². The highest BCUT2D eigenvalue weighted by molar-refractivity contribution is 7.81. The van der Waals surface area contributed by atoms with Crippen molar-refractivity contribution in [2.75, 3.05) is 0 Å². The van der Waals surface area contributed by atoms with Crippen LogP contribution in [0, 0.1) is 0 Å². The van der Waals surface area contributed by atoms with Crippen LogP contribution in [0.2, 0.25) is 5.02 Å². The van der Waals surface area contributed by atoms with E-state index in [9.17, 15) is 4.79 Å². The van der Waals surface area contributed by atoms with Gasteiger partial charge in [-0.15, -0.1) is 0 Å². The second kappa shape index (κ2) is 5.90. The van der Waals surface area contributed by atoms with Crippen LogP contribution in [0.15, 0.2) is 65.4 Å². The molecule has 0 saturated carbocycles. The SMILES string of the molecule is O=C1CCCC2=C1C(c1ccc(Cl)cc1)C1=C(N2)c2ccccc2C1=S. The number of carbonyl (C=O) groups is 1. The van der Waals surface area contributed by atoms with E-state index in [1.54, 1.807) is 0 Å². The van der Waals surface area contributed by atoms with Gasteiger partial charge in [-0.3, -0.25) is 4.79 Å². The van der Waals surface area contributed by atoms with Gasteiger partial charge in [0, 0.05) is 45.3 Å². The van der Waals surface area contributed by atoms with Gasteiger partial charge in [-0.1, -0.05) is 60.2 Å². The lowest BCUT2D eigenvalue weighted by Gasteiger charge is -2.33. The first-order chi connectivity index (χ1) is 12.6. The Morgan fingerprint density at radius 1 is 0.962 bits per heavy atom. The molecule has 0 fully saturated rings. The molecule has 0 aromatic heterocycles. The largest absolute Gasteiger partial charge is 0.358 e. The Balaban J connectivity index is 1.75. The number of hydrogen-bond acceptors (Lipinski definition) is 3. The van der Waals surface area contributed by atoms with Crippen molar-refractivity contribution in [1.82, 2.24) is 5.32 Å². The maximum Gasteiger partial charge on any atom is 0.161 e. The van der Waals surface area contributed by atoms with Crippen LogP contribution < -0.4 is 5.32 Å². The fourth-order valence-electron chi connectivity index (χ4n) is 4.33. The maximum absolute atomic E-state index is 12.9. The molecule has 0 saturated heterocycles. The Morgan fingerprint density at radius 2 is 1.69 bits per heavy atom. The number of fused-ring (bicyclic) bond motifs is 2. The van der Waals surface area contributed by atoms with E-state index in [1.807, 2.05) is 36.4 Å². The summed E-state index contributed by atoms with van der Waals surface area (Å²) < 4.78 is 0. The van der Waals surface area contributed by atoms with Crippen molar-refractivity contribution in [3.63, 3.8) is 0 Å². The number of ketones is 1. The van der Waals surface area contributed by atoms with E-state index in [0.29, 0.717) is 11.4 Å². The molecular weight excluding hydrogens is 362 g/mol. The number of benzene rings is 2. The summed E-state index contributed by atoms with van der Waals surface area (Å²) >= 11 is 11.9. The van der Waals surface area contributed by atoms with E-state index in [-0.39, 0.29) is 11.7 Å². The van der Waals surface area contributed by atoms with Crippen molar-refractivity contribution >= 4 is 40.2 Å². The fraction of sp³-hybridized carbons (Fsp3) is 0.182. The van der Waals surface area contributed by atoms with Crippen LogP contribution in [0.4, 0.5) is 0 Å². The predicted molar refractivity (Wildman–Crippen MR) is 108 cm³/mol. The van der Waals surface area contributed by atoms with Gasteiger partial charge in [0.2, 0.25) is 0 Å². The molecule has 128 valence electrons. The number of thiocarbonyl (C=S) groups is 1. The standard InChI is InChI=1S/C22H16ClNOS/c23-13-10-8-12(9-11-13)18-19-16(6-3-7-17(19)25)24-21-14-4-1-2-5-15(14)22(26)20(18)21/h1-2,4-5,8-11,18,24H,3,6-7H2. The molecule has 2 nitrogen and oxygen atoms in total. The van der Waals surface area contributed by atoms with E-state index in [0.717, 1.165) is 56.9 Å². The number of hydrogen-bond donors (Lipinski definition) is 1. The van der Waals surface area contributed by atoms with Gasteiger partial charge in [-0.25, -0.2) is 0 Å². The van der Waals surface area contributed by atoms with Crippen LogP contribution in [0.1, 0.15) is 41.9 Å². The van der Waals surface area contributed by atoms with E-state index >= 15 is 0 Å². The molecule has 1 N–H and O–H groups in total. The van der Waals surface area contributed by atoms with Gasteiger partial charge in [0.25, 0.3) is 0 Å². The molecule has 0 bridgehead atoms. The lowest BCUT2D eigenvalue weighted by Crippen LogP contribution is -2.31. The number of dihydropyridines is 1. The quantitative estimate of drug-likeness (QED) is 0.694. The summed E-state index contributed by atoms with van der Waals surface area (Å²) in [5.41, 5.74) is 7.34. The molecule has 1 heterocycles. The number of nitrogens with one attached hydrogen (secondary N) is 1. The molecule has 1 atom stereocenters. The second-order valence-electron chi connectivity index (χ2n) is 6.94. The summed E-state index contributed by atoms with van der Waals surface area (Å²) in [5, 5.41) is 4.26. The van der Waals surface area contributed by atoms with Crippen molar-refractivity contribution in [1.29, 1.82) is 0 Å². The van der Waals surface area contributed by atoms with Gasteiger partial charge in [0.05, 0.1) is 10.6 Å². The summed E-state index contributed by atoms with van der Waals surface area (Å²) in [6.07, 6.45) is 2.40. The second-order valence-corrected chi connectivity index (χ2v) is 7.79. The normalized spacial score (nSPS) is 21.3. The Morgan fingerprint density at radius 3 is 2.46 bits per heavy atom. The average molecular weight is 378 g/mol. The van der Waals surface area contributed by atoms with Crippen LogP contribution in [0.5, 0.6) is 0 Å². The van der Waals surface area contributed by atoms with Crippen LogP contribution in [0.25, 0.3) is 5.70 Å². The molecule has 0 spiro atoms. The first kappa shape index (κ1) is 16.0. The Hall–Kier alpha value is -2.23. The van der Waals surface area contributed by atoms with Gasteiger partial charge in [0.1, 0.15) is 0 Å². The number of carbonyl (C=O) groups excluding carboxylic acids is 1. The molecule has 2 aliphatic carbocycles. The number of halogens is 1. The molecular formula is C22H16ClNOS. The van der Waals surface area contributed by atoms with Crippen molar-refractivity contribution in [3.05, 3.63) is 87.1 Å². The molecule has 3 aliphatic rings. The van der Waals surface area contributed by atoms with Crippen molar-refractivity contribution in [2.45, 2.75) is 25.2 Å². The van der Waals surface area contributed by atoms with E-state index in [4.69, 9.17) is 23.8 Å². The first-order valence-corrected chi connectivity index (χ1v) is 9.61. The molecule has 2 aromatic carbocycles. The van der Waals surface area contributed by atoms with Crippen LogP contribution in [-0.4, -0.2) is 10.6 Å². The third-order valence-corrected chi connectivity index (χ3v) is 6.16. The van der Waals surface area contributed by atoms with Crippen molar-refractivity contribution < 1.29 is 4.79 Å². The zero-order valence-corrected chi connectivity index (χ0v) is 15.6. The average Bonchev–Trinajstić information content (AvgIpc) is 2.94. The highest BCUT2D eigenvalue weighted by atomic mass is 35.5. The smallest absolute Gasteiger partial charge is 0.161 e. The van der Waals surface area contributed by atoms with Crippen LogP contribution >= 0.6 is 23.8 Å². The number of rotatable bonds is 1. The highest BCUT2D eigenvalue weighted by Gasteiger charge is 2.41. The first-order valence-electron chi connectivity index (χ1n) is 8.82. The zero-order valence-electron chi connectivity index (χ0n) is 14.0. The zero-order chi connectivity index (χ0) is 17.8. The third-order valence-electron chi connectivity index (χ3n) is 5.47. The van der Waals surface area contributed by atoms with Gasteiger partial charge in [0.15, 0.2) is 5.78 Å². The molecule has 1 unspecified atom stereocenters. The molecule has 1 aliphatic heterocycles. The fourth-order valence-corrected chi connectivity index (χ4v) is 4.85. The van der Waals surface area contributed by atoms with Gasteiger partial charge in [-0.2, -0.15) is 0 Å². The molecule has 5 rings (SSSR count). The molecule has 0 amide bonds. The van der Waals surface area contributed by atoms with E-state index < -0.39 is 0 Å². The Bertz CT molecular complexity index is 1030. The van der Waals surface area contributed by atoms with Crippen LogP contribution in [-0.2, 0) is 4.79 Å². The van der Waals surface area contributed by atoms with Gasteiger partial charge in [-0.05, 0) is 30.5 Å². The minimum atomic E-state index is -0.119. The number of allylic oxidation sites excluding steroid dienone is 3. The Kier molecular flexibility index (Phi) is 3.63. The number of Topliss-reactive ketones (excluding diaryl/α,β-unsaturated/α-hetero) is 1. The van der Waals surface area contributed by atoms with E-state index in [2.05, 4.69) is 17.4 Å². The molecule has 2 aromatic rings. The summed E-state index contributed by atoms with van der Waals surface area (Å²) in [7, 11) is 0. The molecule has 26 heavy (non-hydrogen) atoms. The predicted octanol–water partition coefficient (Wildman–Crippen LogP) is 5.18. The minimum Gasteiger partial charge on any atom is -0.358 e. The molecule has 4 heteroatoms. The lowest BCUT2D eigenvalue weighted by molar-refractivity contribution is -0.116. The van der Waals surface area contributed by atoms with E-state index in [1.165, 1.54) is 0 Å². The summed E-state index contributed by atoms with van der Waals surface area (Å²) in [4.78, 5) is 13.7. The summed E-state index contributed by atoms with van der Waals surface area (Å²) in [6, 6.07) is 16.0. The van der Waals surface area contributed by atoms with Gasteiger partial charge < -0.3 is 5.32 Å². The summed E-state index contributed by atoms with van der Waals surface area (Å²) in [6.45, 7) is 0. The molecule has 0 radical (unpaired) electrons. The Labute approximate surface area is 162 Å². The minimum absolute atomic E-state index is 0.119. The van der Waals surface area contributed by atoms with Crippen molar-refractivity contribution in [3.8, 4) is 0 Å². The topological polar surface area (TPSA) is 29.1 Å². The van der Waals surface area contributed by atoms with Crippen molar-refractivity contribution in [2.24, 2.45) is 0 Å². The lowest BCUT2D eigenvalue weighted by atomic mass is 9.75. The maximum atomic E-state index is 12.9. The summed E-state index contributed by atoms with van der Waals surface area (Å²) in [5.74, 6) is 0.107. The highest BCUT2D eigenvalue weighted by Crippen LogP contribution is 2.49.